The molecule has 1 amide bonds. The first-order chi connectivity index (χ1) is 10.1. The van der Waals surface area contributed by atoms with Gasteiger partial charge in [-0.05, 0) is 25.7 Å². The maximum Gasteiger partial charge on any atom is 0.254 e. The number of amides is 1. The molecule has 1 atom stereocenters. The van der Waals surface area contributed by atoms with Crippen LogP contribution in [0, 0.1) is 5.92 Å². The van der Waals surface area contributed by atoms with Gasteiger partial charge in [0, 0.05) is 45.7 Å². The lowest BCUT2D eigenvalue weighted by atomic mass is 9.97. The summed E-state index contributed by atoms with van der Waals surface area (Å²) in [6.07, 6.45) is 7.32. The van der Waals surface area contributed by atoms with E-state index in [9.17, 15) is 4.79 Å². The number of methoxy groups -OCH3 is 1. The molecule has 1 aromatic rings. The van der Waals surface area contributed by atoms with Gasteiger partial charge in [-0.25, -0.2) is 4.98 Å². The summed E-state index contributed by atoms with van der Waals surface area (Å²) in [5, 5.41) is 0. The van der Waals surface area contributed by atoms with Crippen molar-refractivity contribution in [3.63, 3.8) is 0 Å². The minimum atomic E-state index is -0.644. The average Bonchev–Trinajstić information content (AvgIpc) is 3.40. The summed E-state index contributed by atoms with van der Waals surface area (Å²) in [5.41, 5.74) is -0.644. The number of carbonyl (C=O) groups is 1. The number of anilines is 1. The van der Waals surface area contributed by atoms with Gasteiger partial charge in [-0.1, -0.05) is 0 Å². The van der Waals surface area contributed by atoms with Crippen molar-refractivity contribution >= 4 is 11.7 Å². The molecule has 1 aliphatic carbocycles. The number of hydrogen-bond donors (Lipinski definition) is 0. The summed E-state index contributed by atoms with van der Waals surface area (Å²) < 4.78 is 5.56. The standard InChI is InChI=1S/C15H22N4O2/c1-15(21-2,12-3-4-12)14(20)19-9-7-18(8-10-19)13-11-16-5-6-17-13/h5-6,11-12H,3-4,7-10H2,1-2H3/t15-/m1/s1. The van der Waals surface area contributed by atoms with E-state index in [2.05, 4.69) is 14.9 Å². The van der Waals surface area contributed by atoms with Crippen LogP contribution < -0.4 is 4.90 Å². The van der Waals surface area contributed by atoms with Gasteiger partial charge in [0.2, 0.25) is 0 Å². The molecule has 2 heterocycles. The minimum Gasteiger partial charge on any atom is -0.368 e. The number of nitrogens with zero attached hydrogens (tertiary/aromatic N) is 4. The molecule has 0 N–H and O–H groups in total. The van der Waals surface area contributed by atoms with Crippen molar-refractivity contribution in [1.29, 1.82) is 0 Å². The smallest absolute Gasteiger partial charge is 0.254 e. The minimum absolute atomic E-state index is 0.131. The molecular weight excluding hydrogens is 268 g/mol. The molecule has 1 aliphatic heterocycles. The van der Waals surface area contributed by atoms with Gasteiger partial charge < -0.3 is 14.5 Å². The summed E-state index contributed by atoms with van der Waals surface area (Å²) >= 11 is 0. The Labute approximate surface area is 125 Å². The lowest BCUT2D eigenvalue weighted by Crippen LogP contribution is -2.56. The molecule has 0 aromatic carbocycles. The first-order valence-electron chi connectivity index (χ1n) is 7.50. The quantitative estimate of drug-likeness (QED) is 0.826. The predicted molar refractivity (Wildman–Crippen MR) is 79.0 cm³/mol. The molecule has 2 fully saturated rings. The Bertz CT molecular complexity index is 498. The van der Waals surface area contributed by atoms with E-state index in [0.717, 1.165) is 31.7 Å². The van der Waals surface area contributed by atoms with Crippen molar-refractivity contribution in [2.75, 3.05) is 38.2 Å². The third kappa shape index (κ3) is 2.72. The lowest BCUT2D eigenvalue weighted by Gasteiger charge is -2.39. The average molecular weight is 290 g/mol. The van der Waals surface area contributed by atoms with Crippen molar-refractivity contribution in [2.45, 2.75) is 25.4 Å². The number of ether oxygens (including phenoxy) is 1. The third-order valence-corrected chi connectivity index (χ3v) is 4.65. The van der Waals surface area contributed by atoms with Crippen LogP contribution in [0.15, 0.2) is 18.6 Å². The van der Waals surface area contributed by atoms with Gasteiger partial charge in [0.15, 0.2) is 0 Å². The van der Waals surface area contributed by atoms with Gasteiger partial charge in [-0.15, -0.1) is 0 Å². The van der Waals surface area contributed by atoms with Crippen LogP contribution in [0.1, 0.15) is 19.8 Å². The number of aromatic nitrogens is 2. The SMILES string of the molecule is CO[C@@](C)(C(=O)N1CCN(c2cnccn2)CC1)C1CC1. The fourth-order valence-corrected chi connectivity index (χ4v) is 2.97. The molecule has 1 saturated carbocycles. The van der Waals surface area contributed by atoms with Crippen molar-refractivity contribution in [1.82, 2.24) is 14.9 Å². The first-order valence-corrected chi connectivity index (χ1v) is 7.50. The molecule has 0 spiro atoms. The van der Waals surface area contributed by atoms with Crippen molar-refractivity contribution in [3.05, 3.63) is 18.6 Å². The Balaban J connectivity index is 1.62. The van der Waals surface area contributed by atoms with Gasteiger partial charge in [0.25, 0.3) is 5.91 Å². The van der Waals surface area contributed by atoms with E-state index in [4.69, 9.17) is 4.74 Å². The maximum absolute atomic E-state index is 12.7. The zero-order valence-electron chi connectivity index (χ0n) is 12.7. The van der Waals surface area contributed by atoms with E-state index in [-0.39, 0.29) is 5.91 Å². The normalized spacial score (nSPS) is 22.0. The van der Waals surface area contributed by atoms with Gasteiger partial charge in [0.05, 0.1) is 6.20 Å². The van der Waals surface area contributed by atoms with Gasteiger partial charge in [0.1, 0.15) is 11.4 Å². The van der Waals surface area contributed by atoms with E-state index in [1.807, 2.05) is 11.8 Å². The van der Waals surface area contributed by atoms with Gasteiger partial charge >= 0.3 is 0 Å². The van der Waals surface area contributed by atoms with Crippen LogP contribution in [-0.2, 0) is 9.53 Å². The monoisotopic (exact) mass is 290 g/mol. The Morgan fingerprint density at radius 3 is 2.52 bits per heavy atom. The summed E-state index contributed by atoms with van der Waals surface area (Å²) in [7, 11) is 1.64. The highest BCUT2D eigenvalue weighted by Gasteiger charge is 2.49. The van der Waals surface area contributed by atoms with Crippen molar-refractivity contribution < 1.29 is 9.53 Å². The zero-order valence-corrected chi connectivity index (χ0v) is 12.7. The Hall–Kier alpha value is -1.69. The third-order valence-electron chi connectivity index (χ3n) is 4.65. The molecule has 6 nitrogen and oxygen atoms in total. The molecule has 2 aliphatic rings. The van der Waals surface area contributed by atoms with Gasteiger partial charge in [-0.2, -0.15) is 0 Å². The van der Waals surface area contributed by atoms with Crippen LogP contribution in [0.4, 0.5) is 5.82 Å². The number of piperazine rings is 1. The summed E-state index contributed by atoms with van der Waals surface area (Å²) in [4.78, 5) is 25.2. The number of hydrogen-bond acceptors (Lipinski definition) is 5. The van der Waals surface area contributed by atoms with Crippen LogP contribution in [-0.4, -0.2) is 59.7 Å². The second kappa shape index (κ2) is 5.60. The molecule has 0 unspecified atom stereocenters. The van der Waals surface area contributed by atoms with E-state index >= 15 is 0 Å². The molecule has 3 rings (SSSR count). The van der Waals surface area contributed by atoms with Crippen LogP contribution in [0.2, 0.25) is 0 Å². The second-order valence-corrected chi connectivity index (χ2v) is 5.93. The number of carbonyl (C=O) groups excluding carboxylic acids is 1. The predicted octanol–water partition coefficient (Wildman–Crippen LogP) is 0.940. The lowest BCUT2D eigenvalue weighted by molar-refractivity contribution is -0.155. The molecule has 1 saturated heterocycles. The molecule has 21 heavy (non-hydrogen) atoms. The molecule has 0 bridgehead atoms. The highest BCUT2D eigenvalue weighted by atomic mass is 16.5. The molecule has 1 aromatic heterocycles. The molecule has 114 valence electrons. The van der Waals surface area contributed by atoms with Crippen LogP contribution in [0.25, 0.3) is 0 Å². The van der Waals surface area contributed by atoms with E-state index in [0.29, 0.717) is 19.0 Å². The van der Waals surface area contributed by atoms with E-state index in [1.54, 1.807) is 25.7 Å². The molecule has 6 heteroatoms. The second-order valence-electron chi connectivity index (χ2n) is 5.93. The topological polar surface area (TPSA) is 58.6 Å². The van der Waals surface area contributed by atoms with E-state index in [1.165, 1.54) is 0 Å². The number of rotatable bonds is 4. The van der Waals surface area contributed by atoms with E-state index < -0.39 is 5.60 Å². The largest absolute Gasteiger partial charge is 0.368 e. The zero-order chi connectivity index (χ0) is 14.9. The summed E-state index contributed by atoms with van der Waals surface area (Å²) in [6, 6.07) is 0. The van der Waals surface area contributed by atoms with Crippen LogP contribution >= 0.6 is 0 Å². The molecule has 0 radical (unpaired) electrons. The molecular formula is C15H22N4O2. The van der Waals surface area contributed by atoms with Gasteiger partial charge in [-0.3, -0.25) is 9.78 Å². The highest BCUT2D eigenvalue weighted by Crippen LogP contribution is 2.42. The summed E-state index contributed by atoms with van der Waals surface area (Å²) in [5.74, 6) is 1.39. The summed E-state index contributed by atoms with van der Waals surface area (Å²) in [6.45, 7) is 4.92. The van der Waals surface area contributed by atoms with Crippen molar-refractivity contribution in [2.24, 2.45) is 5.92 Å². The fourth-order valence-electron chi connectivity index (χ4n) is 2.97. The Morgan fingerprint density at radius 2 is 2.00 bits per heavy atom. The van der Waals surface area contributed by atoms with Crippen molar-refractivity contribution in [3.8, 4) is 0 Å². The maximum atomic E-state index is 12.7. The highest BCUT2D eigenvalue weighted by molar-refractivity contribution is 5.86. The first kappa shape index (κ1) is 14.3. The van der Waals surface area contributed by atoms with Crippen LogP contribution in [0.5, 0.6) is 0 Å². The van der Waals surface area contributed by atoms with Crippen LogP contribution in [0.3, 0.4) is 0 Å². The Kier molecular flexibility index (Phi) is 3.80. The Morgan fingerprint density at radius 1 is 1.29 bits per heavy atom. The fraction of sp³-hybridized carbons (Fsp3) is 0.667.